The second-order valence-electron chi connectivity index (χ2n) is 6.23. The molecule has 2 heterocycles. The summed E-state index contributed by atoms with van der Waals surface area (Å²) in [6.45, 7) is 8.62. The second kappa shape index (κ2) is 8.71. The summed E-state index contributed by atoms with van der Waals surface area (Å²) in [5.41, 5.74) is 5.55. The molecular formula is C16H31N3O2. The van der Waals surface area contributed by atoms with Gasteiger partial charge in [-0.25, -0.2) is 0 Å². The van der Waals surface area contributed by atoms with Crippen LogP contribution in [0.5, 0.6) is 0 Å². The van der Waals surface area contributed by atoms with Crippen molar-refractivity contribution < 1.29 is 9.53 Å². The zero-order chi connectivity index (χ0) is 15.1. The Bertz CT molecular complexity index is 325. The Morgan fingerprint density at radius 3 is 2.86 bits per heavy atom. The van der Waals surface area contributed by atoms with E-state index in [0.717, 1.165) is 71.6 Å². The van der Waals surface area contributed by atoms with Gasteiger partial charge in [0.25, 0.3) is 0 Å². The van der Waals surface area contributed by atoms with Crippen molar-refractivity contribution in [2.24, 2.45) is 11.7 Å². The first-order valence-electron chi connectivity index (χ1n) is 8.59. The zero-order valence-electron chi connectivity index (χ0n) is 13.4. The van der Waals surface area contributed by atoms with Crippen LogP contribution in [-0.2, 0) is 9.53 Å². The number of amides is 1. The Morgan fingerprint density at radius 1 is 1.24 bits per heavy atom. The molecule has 2 rings (SSSR count). The number of ether oxygens (including phenoxy) is 1. The Labute approximate surface area is 128 Å². The predicted molar refractivity (Wildman–Crippen MR) is 84.1 cm³/mol. The van der Waals surface area contributed by atoms with Crippen LogP contribution in [0.3, 0.4) is 0 Å². The molecule has 0 aliphatic carbocycles. The molecule has 2 N–H and O–H groups in total. The summed E-state index contributed by atoms with van der Waals surface area (Å²) in [6.07, 6.45) is 5.32. The van der Waals surface area contributed by atoms with Crippen LogP contribution in [0, 0.1) is 5.92 Å². The fourth-order valence-electron chi connectivity index (χ4n) is 3.46. The van der Waals surface area contributed by atoms with Crippen LogP contribution in [0.4, 0.5) is 0 Å². The maximum Gasteiger partial charge on any atom is 0.228 e. The number of rotatable bonds is 6. The second-order valence-corrected chi connectivity index (χ2v) is 6.23. The van der Waals surface area contributed by atoms with Gasteiger partial charge in [0.2, 0.25) is 5.91 Å². The Hall–Kier alpha value is -0.650. The molecule has 1 amide bonds. The summed E-state index contributed by atoms with van der Waals surface area (Å²) in [7, 11) is 0. The van der Waals surface area contributed by atoms with E-state index in [1.54, 1.807) is 0 Å². The molecule has 0 saturated carbocycles. The summed E-state index contributed by atoms with van der Waals surface area (Å²) in [5, 5.41) is 0. The molecule has 2 atom stereocenters. The lowest BCUT2D eigenvalue weighted by molar-refractivity contribution is -0.137. The topological polar surface area (TPSA) is 58.8 Å². The lowest BCUT2D eigenvalue weighted by Gasteiger charge is -2.26. The third-order valence-electron chi connectivity index (χ3n) is 4.76. The highest BCUT2D eigenvalue weighted by Gasteiger charge is 2.35. The Morgan fingerprint density at radius 2 is 2.10 bits per heavy atom. The van der Waals surface area contributed by atoms with Crippen LogP contribution < -0.4 is 5.73 Å². The van der Waals surface area contributed by atoms with Gasteiger partial charge in [-0.05, 0) is 51.7 Å². The third kappa shape index (κ3) is 4.66. The molecule has 122 valence electrons. The highest BCUT2D eigenvalue weighted by molar-refractivity contribution is 5.79. The molecule has 0 aromatic rings. The number of unbranched alkanes of at least 4 members (excludes halogenated alkanes) is 1. The van der Waals surface area contributed by atoms with Gasteiger partial charge in [-0.15, -0.1) is 0 Å². The average Bonchev–Trinajstić information content (AvgIpc) is 2.85. The molecule has 2 fully saturated rings. The van der Waals surface area contributed by atoms with Gasteiger partial charge in [-0.3, -0.25) is 4.79 Å². The van der Waals surface area contributed by atoms with Crippen molar-refractivity contribution in [3.05, 3.63) is 0 Å². The molecular weight excluding hydrogens is 266 g/mol. The fraction of sp³-hybridized carbons (Fsp3) is 0.938. The van der Waals surface area contributed by atoms with Crippen molar-refractivity contribution >= 4 is 5.91 Å². The van der Waals surface area contributed by atoms with Crippen LogP contribution in [-0.4, -0.2) is 67.7 Å². The number of hydrogen-bond donors (Lipinski definition) is 1. The first-order valence-corrected chi connectivity index (χ1v) is 8.59. The standard InChI is InChI=1S/C16H31N3O2/c1-2-15-14(6-13-21-15)16(20)19-10-5-9-18(11-12-19)8-4-3-7-17/h14-15H,2-13,17H2,1H3. The van der Waals surface area contributed by atoms with E-state index in [4.69, 9.17) is 10.5 Å². The molecule has 2 saturated heterocycles. The highest BCUT2D eigenvalue weighted by atomic mass is 16.5. The van der Waals surface area contributed by atoms with Gasteiger partial charge in [-0.2, -0.15) is 0 Å². The minimum absolute atomic E-state index is 0.0961. The molecule has 0 spiro atoms. The van der Waals surface area contributed by atoms with Crippen LogP contribution >= 0.6 is 0 Å². The first kappa shape index (κ1) is 16.7. The summed E-state index contributed by atoms with van der Waals surface area (Å²) in [4.78, 5) is 17.3. The molecule has 0 bridgehead atoms. The van der Waals surface area contributed by atoms with Crippen molar-refractivity contribution in [3.63, 3.8) is 0 Å². The van der Waals surface area contributed by atoms with Gasteiger partial charge in [0.05, 0.1) is 12.0 Å². The van der Waals surface area contributed by atoms with Crippen molar-refractivity contribution in [1.29, 1.82) is 0 Å². The molecule has 2 aliphatic rings. The highest BCUT2D eigenvalue weighted by Crippen LogP contribution is 2.25. The van der Waals surface area contributed by atoms with Crippen LogP contribution in [0.15, 0.2) is 0 Å². The summed E-state index contributed by atoms with van der Waals surface area (Å²) >= 11 is 0. The van der Waals surface area contributed by atoms with E-state index in [0.29, 0.717) is 5.91 Å². The van der Waals surface area contributed by atoms with Gasteiger partial charge in [0, 0.05) is 26.2 Å². The third-order valence-corrected chi connectivity index (χ3v) is 4.76. The zero-order valence-corrected chi connectivity index (χ0v) is 13.4. The molecule has 0 radical (unpaired) electrons. The van der Waals surface area contributed by atoms with Crippen molar-refractivity contribution in [2.45, 2.75) is 45.1 Å². The van der Waals surface area contributed by atoms with Crippen LogP contribution in [0.25, 0.3) is 0 Å². The number of carbonyl (C=O) groups excluding carboxylic acids is 1. The largest absolute Gasteiger partial charge is 0.377 e. The van der Waals surface area contributed by atoms with E-state index in [1.807, 2.05) is 0 Å². The summed E-state index contributed by atoms with van der Waals surface area (Å²) in [5.74, 6) is 0.418. The van der Waals surface area contributed by atoms with Gasteiger partial charge in [-0.1, -0.05) is 6.92 Å². The smallest absolute Gasteiger partial charge is 0.228 e. The van der Waals surface area contributed by atoms with E-state index in [2.05, 4.69) is 16.7 Å². The van der Waals surface area contributed by atoms with Crippen molar-refractivity contribution in [2.75, 3.05) is 45.9 Å². The molecule has 0 aromatic heterocycles. The summed E-state index contributed by atoms with van der Waals surface area (Å²) < 4.78 is 5.67. The maximum atomic E-state index is 12.7. The molecule has 5 nitrogen and oxygen atoms in total. The first-order chi connectivity index (χ1) is 10.3. The van der Waals surface area contributed by atoms with E-state index in [-0.39, 0.29) is 12.0 Å². The average molecular weight is 297 g/mol. The number of nitrogens with two attached hydrogens (primary N) is 1. The number of hydrogen-bond acceptors (Lipinski definition) is 4. The monoisotopic (exact) mass is 297 g/mol. The quantitative estimate of drug-likeness (QED) is 0.745. The fourth-order valence-corrected chi connectivity index (χ4v) is 3.46. The maximum absolute atomic E-state index is 12.7. The molecule has 0 aromatic carbocycles. The van der Waals surface area contributed by atoms with E-state index < -0.39 is 0 Å². The Balaban J connectivity index is 1.80. The van der Waals surface area contributed by atoms with E-state index in [1.165, 1.54) is 6.42 Å². The SMILES string of the molecule is CCC1OCCC1C(=O)N1CCCN(CCCCN)CC1. The molecule has 2 unspecified atom stereocenters. The molecule has 2 aliphatic heterocycles. The van der Waals surface area contributed by atoms with Gasteiger partial charge >= 0.3 is 0 Å². The summed E-state index contributed by atoms with van der Waals surface area (Å²) in [6, 6.07) is 0. The molecule has 21 heavy (non-hydrogen) atoms. The molecule has 5 heteroatoms. The normalized spacial score (nSPS) is 27.8. The van der Waals surface area contributed by atoms with Crippen LogP contribution in [0.1, 0.15) is 39.0 Å². The predicted octanol–water partition coefficient (Wildman–Crippen LogP) is 1.07. The van der Waals surface area contributed by atoms with Gasteiger partial charge < -0.3 is 20.3 Å². The minimum atomic E-state index is 0.0961. The van der Waals surface area contributed by atoms with Crippen LogP contribution in [0.2, 0.25) is 0 Å². The number of nitrogens with zero attached hydrogens (tertiary/aromatic N) is 2. The van der Waals surface area contributed by atoms with Crippen molar-refractivity contribution in [3.8, 4) is 0 Å². The lowest BCUT2D eigenvalue weighted by atomic mass is 9.98. The van der Waals surface area contributed by atoms with Crippen molar-refractivity contribution in [1.82, 2.24) is 9.80 Å². The lowest BCUT2D eigenvalue weighted by Crippen LogP contribution is -2.41. The van der Waals surface area contributed by atoms with Gasteiger partial charge in [0.1, 0.15) is 0 Å². The van der Waals surface area contributed by atoms with Gasteiger partial charge in [0.15, 0.2) is 0 Å². The van der Waals surface area contributed by atoms with E-state index in [9.17, 15) is 4.79 Å². The van der Waals surface area contributed by atoms with E-state index >= 15 is 0 Å². The number of carbonyl (C=O) groups is 1. The minimum Gasteiger partial charge on any atom is -0.377 e. The Kier molecular flexibility index (Phi) is 6.93.